The number of carbonyl (C=O) groups excluding carboxylic acids is 1. The van der Waals surface area contributed by atoms with Crippen molar-refractivity contribution in [1.29, 1.82) is 0 Å². The number of nitrogens with two attached hydrogens (primary N) is 1. The van der Waals surface area contributed by atoms with Crippen LogP contribution in [0.1, 0.15) is 32.1 Å². The van der Waals surface area contributed by atoms with Gasteiger partial charge in [0.25, 0.3) is 0 Å². The summed E-state index contributed by atoms with van der Waals surface area (Å²) in [6.45, 7) is 1.96. The van der Waals surface area contributed by atoms with Crippen molar-refractivity contribution in [1.82, 2.24) is 10.2 Å². The van der Waals surface area contributed by atoms with Gasteiger partial charge in [-0.15, -0.1) is 0 Å². The quantitative estimate of drug-likeness (QED) is 0.587. The van der Waals surface area contributed by atoms with Crippen LogP contribution in [0.25, 0.3) is 0 Å². The summed E-state index contributed by atoms with van der Waals surface area (Å²) >= 11 is 0. The van der Waals surface area contributed by atoms with E-state index in [0.717, 1.165) is 25.8 Å². The zero-order valence-corrected chi connectivity index (χ0v) is 10.0. The van der Waals surface area contributed by atoms with E-state index in [1.54, 1.807) is 4.90 Å². The number of carboxylic acids is 1. The molecular weight excluding hydrogens is 222 g/mol. The number of likely N-dealkylation sites (tertiary alicyclic amines) is 1. The van der Waals surface area contributed by atoms with Crippen LogP contribution in [0.2, 0.25) is 0 Å². The van der Waals surface area contributed by atoms with Crippen LogP contribution >= 0.6 is 0 Å². The fraction of sp³-hybridized carbons (Fsp3) is 0.818. The molecule has 4 N–H and O–H groups in total. The Hall–Kier alpha value is -1.30. The number of carboxylic acid groups (broad SMARTS) is 1. The second-order valence-corrected chi connectivity index (χ2v) is 4.43. The molecule has 0 radical (unpaired) electrons. The molecular formula is C11H21N3O3. The third-order valence-electron chi connectivity index (χ3n) is 2.86. The van der Waals surface area contributed by atoms with Crippen molar-refractivity contribution in [3.8, 4) is 0 Å². The number of urea groups is 1. The van der Waals surface area contributed by atoms with Crippen molar-refractivity contribution in [3.63, 3.8) is 0 Å². The summed E-state index contributed by atoms with van der Waals surface area (Å²) in [5.41, 5.74) is 5.71. The molecule has 1 unspecified atom stereocenters. The minimum atomic E-state index is -0.764. The number of amides is 2. The van der Waals surface area contributed by atoms with E-state index < -0.39 is 5.97 Å². The van der Waals surface area contributed by atoms with Crippen LogP contribution < -0.4 is 11.1 Å². The van der Waals surface area contributed by atoms with Crippen LogP contribution in [0.3, 0.4) is 0 Å². The molecule has 0 aromatic carbocycles. The standard InChI is InChI=1S/C11H21N3O3/c12-9-5-7-14(8-9)11(17)13-6-3-1-2-4-10(15)16/h9H,1-8,12H2,(H,13,17)(H,15,16). The van der Waals surface area contributed by atoms with Crippen molar-refractivity contribution < 1.29 is 14.7 Å². The predicted molar refractivity (Wildman–Crippen MR) is 63.7 cm³/mol. The van der Waals surface area contributed by atoms with Gasteiger partial charge in [-0.1, -0.05) is 6.42 Å². The lowest BCUT2D eigenvalue weighted by atomic mass is 10.2. The first kappa shape index (κ1) is 13.8. The van der Waals surface area contributed by atoms with Gasteiger partial charge in [-0.05, 0) is 19.3 Å². The number of hydrogen-bond acceptors (Lipinski definition) is 3. The Morgan fingerprint density at radius 1 is 1.35 bits per heavy atom. The molecule has 1 fully saturated rings. The Morgan fingerprint density at radius 2 is 2.12 bits per heavy atom. The average Bonchev–Trinajstić information content (AvgIpc) is 2.69. The zero-order chi connectivity index (χ0) is 12.7. The van der Waals surface area contributed by atoms with E-state index in [4.69, 9.17) is 10.8 Å². The summed E-state index contributed by atoms with van der Waals surface area (Å²) < 4.78 is 0. The third kappa shape index (κ3) is 5.53. The van der Waals surface area contributed by atoms with E-state index in [9.17, 15) is 9.59 Å². The molecule has 2 amide bonds. The van der Waals surface area contributed by atoms with Gasteiger partial charge in [0.05, 0.1) is 0 Å². The van der Waals surface area contributed by atoms with E-state index in [1.807, 2.05) is 0 Å². The molecule has 1 rings (SSSR count). The summed E-state index contributed by atoms with van der Waals surface area (Å²) in [6, 6.07) is 0.0486. The number of hydrogen-bond donors (Lipinski definition) is 3. The monoisotopic (exact) mass is 243 g/mol. The van der Waals surface area contributed by atoms with Gasteiger partial charge in [0.1, 0.15) is 0 Å². The summed E-state index contributed by atoms with van der Waals surface area (Å²) in [5, 5.41) is 11.3. The van der Waals surface area contributed by atoms with Gasteiger partial charge >= 0.3 is 12.0 Å². The van der Waals surface area contributed by atoms with Crippen LogP contribution in [0.4, 0.5) is 4.79 Å². The predicted octanol–water partition coefficient (Wildman–Crippen LogP) is 0.374. The first-order valence-electron chi connectivity index (χ1n) is 6.09. The van der Waals surface area contributed by atoms with Crippen LogP contribution in [-0.2, 0) is 4.79 Å². The maximum Gasteiger partial charge on any atom is 0.317 e. The summed E-state index contributed by atoms with van der Waals surface area (Å²) in [4.78, 5) is 23.6. The fourth-order valence-electron chi connectivity index (χ4n) is 1.86. The topological polar surface area (TPSA) is 95.7 Å². The fourth-order valence-corrected chi connectivity index (χ4v) is 1.86. The molecule has 1 aliphatic rings. The SMILES string of the molecule is NC1CCN(C(=O)NCCCCCC(=O)O)C1. The Bertz CT molecular complexity index is 271. The van der Waals surface area contributed by atoms with Gasteiger partial charge < -0.3 is 21.1 Å². The Labute approximate surface area is 101 Å². The van der Waals surface area contributed by atoms with Crippen molar-refractivity contribution >= 4 is 12.0 Å². The minimum absolute atomic E-state index is 0.0591. The normalized spacial score (nSPS) is 19.4. The molecule has 1 atom stereocenters. The Balaban J connectivity index is 1.99. The highest BCUT2D eigenvalue weighted by Crippen LogP contribution is 2.06. The molecule has 98 valence electrons. The number of rotatable bonds is 6. The van der Waals surface area contributed by atoms with Crippen LogP contribution in [0.5, 0.6) is 0 Å². The minimum Gasteiger partial charge on any atom is -0.481 e. The number of unbranched alkanes of at least 4 members (excludes halogenated alkanes) is 2. The Kier molecular flexibility index (Phi) is 5.76. The summed E-state index contributed by atoms with van der Waals surface area (Å²) in [5.74, 6) is -0.764. The van der Waals surface area contributed by atoms with Gasteiger partial charge in [-0.25, -0.2) is 4.79 Å². The molecule has 0 aromatic heterocycles. The largest absolute Gasteiger partial charge is 0.481 e. The second-order valence-electron chi connectivity index (χ2n) is 4.43. The molecule has 0 aliphatic carbocycles. The first-order valence-corrected chi connectivity index (χ1v) is 6.09. The van der Waals surface area contributed by atoms with E-state index in [1.165, 1.54) is 0 Å². The highest BCUT2D eigenvalue weighted by atomic mass is 16.4. The molecule has 1 saturated heterocycles. The zero-order valence-electron chi connectivity index (χ0n) is 10.0. The average molecular weight is 243 g/mol. The van der Waals surface area contributed by atoms with E-state index in [0.29, 0.717) is 19.5 Å². The van der Waals surface area contributed by atoms with Crippen LogP contribution in [0, 0.1) is 0 Å². The molecule has 17 heavy (non-hydrogen) atoms. The van der Waals surface area contributed by atoms with E-state index in [2.05, 4.69) is 5.32 Å². The van der Waals surface area contributed by atoms with Crippen LogP contribution in [0.15, 0.2) is 0 Å². The smallest absolute Gasteiger partial charge is 0.317 e. The maximum atomic E-state index is 11.6. The number of aliphatic carboxylic acids is 1. The molecule has 0 saturated carbocycles. The van der Waals surface area contributed by atoms with E-state index in [-0.39, 0.29) is 18.5 Å². The van der Waals surface area contributed by atoms with Gasteiger partial charge in [-0.2, -0.15) is 0 Å². The van der Waals surface area contributed by atoms with Crippen molar-refractivity contribution in [2.24, 2.45) is 5.73 Å². The van der Waals surface area contributed by atoms with Gasteiger partial charge in [0.2, 0.25) is 0 Å². The van der Waals surface area contributed by atoms with Crippen molar-refractivity contribution in [2.45, 2.75) is 38.1 Å². The van der Waals surface area contributed by atoms with Gasteiger partial charge in [0.15, 0.2) is 0 Å². The molecule has 1 heterocycles. The van der Waals surface area contributed by atoms with Crippen molar-refractivity contribution in [3.05, 3.63) is 0 Å². The first-order chi connectivity index (χ1) is 8.09. The lowest BCUT2D eigenvalue weighted by Crippen LogP contribution is -2.40. The Morgan fingerprint density at radius 3 is 2.71 bits per heavy atom. The number of nitrogens with zero attached hydrogens (tertiary/aromatic N) is 1. The van der Waals surface area contributed by atoms with Crippen LogP contribution in [-0.4, -0.2) is 47.7 Å². The lowest BCUT2D eigenvalue weighted by molar-refractivity contribution is -0.137. The maximum absolute atomic E-state index is 11.6. The molecule has 6 heteroatoms. The summed E-state index contributed by atoms with van der Waals surface area (Å²) in [7, 11) is 0. The number of nitrogens with one attached hydrogen (secondary N) is 1. The lowest BCUT2D eigenvalue weighted by Gasteiger charge is -2.16. The summed E-state index contributed by atoms with van der Waals surface area (Å²) in [6.07, 6.45) is 3.38. The molecule has 1 aliphatic heterocycles. The van der Waals surface area contributed by atoms with Gasteiger partial charge in [-0.3, -0.25) is 4.79 Å². The van der Waals surface area contributed by atoms with Gasteiger partial charge in [0, 0.05) is 32.1 Å². The third-order valence-corrected chi connectivity index (χ3v) is 2.86. The van der Waals surface area contributed by atoms with E-state index >= 15 is 0 Å². The molecule has 0 spiro atoms. The highest BCUT2D eigenvalue weighted by Gasteiger charge is 2.22. The molecule has 0 bridgehead atoms. The molecule has 0 aromatic rings. The number of carbonyl (C=O) groups is 2. The molecule has 6 nitrogen and oxygen atoms in total. The highest BCUT2D eigenvalue weighted by molar-refractivity contribution is 5.74. The second kappa shape index (κ2) is 7.11. The van der Waals surface area contributed by atoms with Crippen molar-refractivity contribution in [2.75, 3.05) is 19.6 Å².